The maximum atomic E-state index is 9.59. The Morgan fingerprint density at radius 3 is 1.24 bits per heavy atom. The highest BCUT2D eigenvalue weighted by Gasteiger charge is 2.42. The second kappa shape index (κ2) is 20.1. The molecule has 0 aliphatic heterocycles. The van der Waals surface area contributed by atoms with Crippen molar-refractivity contribution in [2.24, 2.45) is 0 Å². The standard InChI is InChI=1S/C69H55N3/c1-50(52-29-13-4-14-30-52)69(48-51-27-11-3-12-28-51,49-71(2)66(58-41-25-10-26-42-58)47-65(70)57-39-23-9-24-40-57)72-67-61(55-35-19-7-20-36-55)43-59(53-31-15-5-16-32-53)45-63(67)64-46-60(54-33-17-6-18-34-54)44-62(68(64)72)56-37-21-8-22-38-56/h3-47,70H,1,48-49H2,2H3/b66-47-,70-65?. The molecule has 0 aliphatic carbocycles. The van der Waals surface area contributed by atoms with E-state index < -0.39 is 5.54 Å². The van der Waals surface area contributed by atoms with Crippen LogP contribution in [0.5, 0.6) is 0 Å². The lowest BCUT2D eigenvalue weighted by Gasteiger charge is -2.44. The van der Waals surface area contributed by atoms with Crippen molar-refractivity contribution in [3.05, 3.63) is 302 Å². The molecule has 1 unspecified atom stereocenters. The van der Waals surface area contributed by atoms with Crippen molar-refractivity contribution in [1.82, 2.24) is 9.47 Å². The van der Waals surface area contributed by atoms with Crippen LogP contribution in [0.1, 0.15) is 22.3 Å². The summed E-state index contributed by atoms with van der Waals surface area (Å²) in [7, 11) is 2.19. The summed E-state index contributed by atoms with van der Waals surface area (Å²) in [5, 5.41) is 11.9. The molecule has 0 saturated carbocycles. The zero-order valence-electron chi connectivity index (χ0n) is 40.5. The second-order valence-corrected chi connectivity index (χ2v) is 18.7. The van der Waals surface area contributed by atoms with Crippen LogP contribution in [0.3, 0.4) is 0 Å². The van der Waals surface area contributed by atoms with E-state index in [0.717, 1.165) is 94.3 Å². The van der Waals surface area contributed by atoms with E-state index in [0.29, 0.717) is 18.7 Å². The summed E-state index contributed by atoms with van der Waals surface area (Å²) in [5.41, 5.74) is 17.0. The van der Waals surface area contributed by atoms with Crippen LogP contribution >= 0.6 is 0 Å². The van der Waals surface area contributed by atoms with Crippen LogP contribution in [0.4, 0.5) is 0 Å². The molecule has 3 heteroatoms. The van der Waals surface area contributed by atoms with Crippen LogP contribution in [-0.4, -0.2) is 28.8 Å². The Labute approximate surface area is 423 Å². The molecule has 1 atom stereocenters. The van der Waals surface area contributed by atoms with Gasteiger partial charge in [-0.2, -0.15) is 0 Å². The lowest BCUT2D eigenvalue weighted by molar-refractivity contribution is 0.302. The van der Waals surface area contributed by atoms with Crippen molar-refractivity contribution in [2.75, 3.05) is 13.6 Å². The van der Waals surface area contributed by atoms with Gasteiger partial charge in [-0.1, -0.05) is 249 Å². The van der Waals surface area contributed by atoms with Gasteiger partial charge in [0.2, 0.25) is 0 Å². The van der Waals surface area contributed by atoms with Crippen LogP contribution in [0.25, 0.3) is 77.6 Å². The normalized spacial score (nSPS) is 12.4. The number of nitrogens with one attached hydrogen (secondary N) is 1. The van der Waals surface area contributed by atoms with Gasteiger partial charge < -0.3 is 14.9 Å². The van der Waals surface area contributed by atoms with E-state index >= 15 is 0 Å². The quantitative estimate of drug-likeness (QED) is 0.102. The van der Waals surface area contributed by atoms with Gasteiger partial charge in [-0.15, -0.1) is 0 Å². The Kier molecular flexibility index (Phi) is 12.7. The largest absolute Gasteiger partial charge is 0.371 e. The number of allylic oxidation sites excluding steroid dienone is 1. The Hall–Kier alpha value is -9.05. The molecule has 11 rings (SSSR count). The van der Waals surface area contributed by atoms with E-state index in [1.54, 1.807) is 0 Å². The molecule has 1 aromatic heterocycles. The first-order valence-electron chi connectivity index (χ1n) is 24.7. The Bertz CT molecular complexity index is 3540. The molecule has 0 amide bonds. The fourth-order valence-corrected chi connectivity index (χ4v) is 10.7. The van der Waals surface area contributed by atoms with Crippen molar-refractivity contribution in [3.8, 4) is 44.5 Å². The third kappa shape index (κ3) is 8.89. The van der Waals surface area contributed by atoms with Gasteiger partial charge in [0.05, 0.1) is 22.3 Å². The summed E-state index contributed by atoms with van der Waals surface area (Å²) in [6.07, 6.45) is 2.64. The van der Waals surface area contributed by atoms with Crippen molar-refractivity contribution in [1.29, 1.82) is 5.41 Å². The lowest BCUT2D eigenvalue weighted by Crippen LogP contribution is -2.46. The molecule has 0 bridgehead atoms. The predicted octanol–water partition coefficient (Wildman–Crippen LogP) is 17.2. The zero-order chi connectivity index (χ0) is 48.9. The molecule has 3 nitrogen and oxygen atoms in total. The van der Waals surface area contributed by atoms with Gasteiger partial charge in [0.25, 0.3) is 0 Å². The number of nitrogens with zero attached hydrogens (tertiary/aromatic N) is 2. The first-order chi connectivity index (χ1) is 35.4. The number of hydrogen-bond acceptors (Lipinski definition) is 2. The molecule has 0 spiro atoms. The van der Waals surface area contributed by atoms with Crippen molar-refractivity contribution in [2.45, 2.75) is 12.0 Å². The lowest BCUT2D eigenvalue weighted by atomic mass is 9.78. The average molecular weight is 926 g/mol. The van der Waals surface area contributed by atoms with Crippen LogP contribution < -0.4 is 0 Å². The second-order valence-electron chi connectivity index (χ2n) is 18.7. The highest BCUT2D eigenvalue weighted by Crippen LogP contribution is 2.51. The Balaban J connectivity index is 1.33. The van der Waals surface area contributed by atoms with Gasteiger partial charge in [0.1, 0.15) is 0 Å². The van der Waals surface area contributed by atoms with Crippen molar-refractivity contribution in [3.63, 3.8) is 0 Å². The molecule has 1 heterocycles. The van der Waals surface area contributed by atoms with Crippen LogP contribution in [0, 0.1) is 5.41 Å². The van der Waals surface area contributed by atoms with Crippen molar-refractivity contribution >= 4 is 38.8 Å². The first kappa shape index (κ1) is 45.4. The van der Waals surface area contributed by atoms with E-state index in [9.17, 15) is 5.41 Å². The number of aromatic nitrogens is 1. The van der Waals surface area contributed by atoms with E-state index in [2.05, 4.69) is 253 Å². The van der Waals surface area contributed by atoms with E-state index in [1.807, 2.05) is 36.4 Å². The number of hydrogen-bond donors (Lipinski definition) is 1. The Morgan fingerprint density at radius 2 is 0.806 bits per heavy atom. The van der Waals surface area contributed by atoms with Crippen LogP contribution in [0.15, 0.2) is 280 Å². The molecule has 10 aromatic carbocycles. The monoisotopic (exact) mass is 925 g/mol. The smallest absolute Gasteiger partial charge is 0.0917 e. The Morgan fingerprint density at radius 1 is 0.444 bits per heavy atom. The van der Waals surface area contributed by atoms with Gasteiger partial charge in [0, 0.05) is 47.6 Å². The fraction of sp³-hybridized carbons (Fsp3) is 0.0580. The number of benzene rings is 10. The minimum atomic E-state index is -0.893. The fourth-order valence-electron chi connectivity index (χ4n) is 10.7. The molecular formula is C69H55N3. The summed E-state index contributed by atoms with van der Waals surface area (Å²) in [6.45, 7) is 5.77. The number of likely N-dealkylation sites (N-methyl/N-ethyl adjacent to an activating group) is 1. The average Bonchev–Trinajstić information content (AvgIpc) is 3.80. The summed E-state index contributed by atoms with van der Waals surface area (Å²) >= 11 is 0. The highest BCUT2D eigenvalue weighted by molar-refractivity contribution is 6.19. The molecule has 346 valence electrons. The SMILES string of the molecule is C=C(c1ccccc1)C(Cc1ccccc1)(CN(C)/C(=C\C(=N)c1ccccc1)c1ccccc1)n1c2c(-c3ccccc3)cc(-c3ccccc3)cc2c2cc(-c3ccccc3)cc(-c3ccccc3)c21. The third-order valence-corrected chi connectivity index (χ3v) is 14.1. The van der Waals surface area contributed by atoms with Gasteiger partial charge in [-0.3, -0.25) is 0 Å². The van der Waals surface area contributed by atoms with Gasteiger partial charge in [-0.05, 0) is 91.5 Å². The molecule has 1 N–H and O–H groups in total. The maximum absolute atomic E-state index is 9.59. The molecule has 0 saturated heterocycles. The van der Waals surface area contributed by atoms with E-state index in [1.165, 1.54) is 5.56 Å². The van der Waals surface area contributed by atoms with E-state index in [4.69, 9.17) is 6.58 Å². The first-order valence-corrected chi connectivity index (χ1v) is 24.7. The molecule has 11 aromatic rings. The summed E-state index contributed by atoms with van der Waals surface area (Å²) in [6, 6.07) is 95.3. The molecule has 72 heavy (non-hydrogen) atoms. The summed E-state index contributed by atoms with van der Waals surface area (Å²) in [4.78, 5) is 2.38. The predicted molar refractivity (Wildman–Crippen MR) is 305 cm³/mol. The number of fused-ring (bicyclic) bond motifs is 3. The zero-order valence-corrected chi connectivity index (χ0v) is 40.5. The van der Waals surface area contributed by atoms with Crippen LogP contribution in [-0.2, 0) is 12.0 Å². The van der Waals surface area contributed by atoms with Gasteiger partial charge in [-0.25, -0.2) is 0 Å². The molecule has 0 aliphatic rings. The maximum Gasteiger partial charge on any atom is 0.0917 e. The molecule has 0 fully saturated rings. The highest BCUT2D eigenvalue weighted by atomic mass is 15.2. The van der Waals surface area contributed by atoms with Crippen LogP contribution in [0.2, 0.25) is 0 Å². The molecular weight excluding hydrogens is 871 g/mol. The summed E-state index contributed by atoms with van der Waals surface area (Å²) < 4.78 is 2.70. The third-order valence-electron chi connectivity index (χ3n) is 14.1. The minimum Gasteiger partial charge on any atom is -0.371 e. The number of rotatable bonds is 15. The van der Waals surface area contributed by atoms with Crippen molar-refractivity contribution < 1.29 is 0 Å². The topological polar surface area (TPSA) is 32.0 Å². The summed E-state index contributed by atoms with van der Waals surface area (Å²) in [5.74, 6) is 0. The molecule has 0 radical (unpaired) electrons. The minimum absolute atomic E-state index is 0.438. The van der Waals surface area contributed by atoms with Gasteiger partial charge in [0.15, 0.2) is 0 Å². The van der Waals surface area contributed by atoms with E-state index in [-0.39, 0.29) is 0 Å². The van der Waals surface area contributed by atoms with Gasteiger partial charge >= 0.3 is 0 Å².